The number of likely N-dealkylation sites (N-methyl/N-ethyl adjacent to an activating group) is 1. The van der Waals surface area contributed by atoms with Gasteiger partial charge in [0.2, 0.25) is 5.91 Å². The minimum absolute atomic E-state index is 0.111. The molecule has 1 aromatic carbocycles. The average molecular weight is 373 g/mol. The van der Waals surface area contributed by atoms with Crippen molar-refractivity contribution in [1.82, 2.24) is 4.90 Å². The number of hydrogen-bond donors (Lipinski definition) is 2. The molecule has 1 saturated heterocycles. The molecule has 26 heavy (non-hydrogen) atoms. The Hall–Kier alpha value is -2.38. The van der Waals surface area contributed by atoms with Crippen LogP contribution in [-0.4, -0.2) is 55.1 Å². The van der Waals surface area contributed by atoms with Crippen molar-refractivity contribution in [2.24, 2.45) is 0 Å². The topological polar surface area (TPSA) is 72.9 Å². The first kappa shape index (κ1) is 18.4. The molecule has 0 unspecified atom stereocenters. The number of amides is 1. The summed E-state index contributed by atoms with van der Waals surface area (Å²) in [6.07, 6.45) is 0.304. The summed E-state index contributed by atoms with van der Waals surface area (Å²) in [4.78, 5) is 28.0. The van der Waals surface area contributed by atoms with E-state index in [-0.39, 0.29) is 11.5 Å². The first-order chi connectivity index (χ1) is 12.5. The fourth-order valence-corrected chi connectivity index (χ4v) is 3.99. The summed E-state index contributed by atoms with van der Waals surface area (Å²) in [5.74, 6) is -1.25. The fraction of sp³-hybridized carbons (Fsp3) is 0.368. The number of anilines is 2. The van der Waals surface area contributed by atoms with Crippen molar-refractivity contribution < 1.29 is 14.7 Å². The van der Waals surface area contributed by atoms with Gasteiger partial charge < -0.3 is 20.2 Å². The molecule has 138 valence electrons. The molecule has 0 saturated carbocycles. The lowest BCUT2D eigenvalue weighted by Crippen LogP contribution is -2.44. The number of benzene rings is 1. The SMILES string of the molecule is CCC(=O)Nc1ccc(-c2ccsc2N2CCN(C)CC2)cc1C(=O)O. The molecular formula is C19H23N3O3S. The second kappa shape index (κ2) is 7.88. The van der Waals surface area contributed by atoms with E-state index in [0.29, 0.717) is 12.1 Å². The highest BCUT2D eigenvalue weighted by molar-refractivity contribution is 7.14. The molecule has 6 nitrogen and oxygen atoms in total. The van der Waals surface area contributed by atoms with E-state index in [2.05, 4.69) is 22.2 Å². The Morgan fingerprint density at radius 3 is 2.58 bits per heavy atom. The third-order valence-electron chi connectivity index (χ3n) is 4.59. The van der Waals surface area contributed by atoms with E-state index < -0.39 is 5.97 Å². The molecule has 2 aromatic rings. The molecule has 0 aliphatic carbocycles. The highest BCUT2D eigenvalue weighted by Gasteiger charge is 2.20. The van der Waals surface area contributed by atoms with Crippen LogP contribution in [-0.2, 0) is 4.79 Å². The molecule has 1 aliphatic rings. The minimum atomic E-state index is -1.05. The predicted molar refractivity (Wildman–Crippen MR) is 105 cm³/mol. The summed E-state index contributed by atoms with van der Waals surface area (Å²) >= 11 is 1.68. The zero-order valence-corrected chi connectivity index (χ0v) is 15.8. The zero-order chi connectivity index (χ0) is 18.7. The fourth-order valence-electron chi connectivity index (χ4n) is 3.01. The molecule has 0 atom stereocenters. The number of piperazine rings is 1. The van der Waals surface area contributed by atoms with E-state index >= 15 is 0 Å². The number of rotatable bonds is 5. The molecule has 1 aromatic heterocycles. The Labute approximate surface area is 157 Å². The summed E-state index contributed by atoms with van der Waals surface area (Å²) in [6.45, 7) is 5.68. The van der Waals surface area contributed by atoms with Gasteiger partial charge in [0.1, 0.15) is 0 Å². The summed E-state index contributed by atoms with van der Waals surface area (Å²) < 4.78 is 0. The van der Waals surface area contributed by atoms with Crippen LogP contribution >= 0.6 is 11.3 Å². The minimum Gasteiger partial charge on any atom is -0.478 e. The van der Waals surface area contributed by atoms with Gasteiger partial charge in [-0.3, -0.25) is 4.79 Å². The molecule has 1 amide bonds. The van der Waals surface area contributed by atoms with E-state index in [4.69, 9.17) is 0 Å². The van der Waals surface area contributed by atoms with Gasteiger partial charge in [-0.25, -0.2) is 4.79 Å². The van der Waals surface area contributed by atoms with Gasteiger partial charge in [-0.1, -0.05) is 13.0 Å². The summed E-state index contributed by atoms with van der Waals surface area (Å²) in [7, 11) is 2.12. The predicted octanol–water partition coefficient (Wildman–Crippen LogP) is 3.21. The van der Waals surface area contributed by atoms with Crippen LogP contribution in [0.5, 0.6) is 0 Å². The second-order valence-electron chi connectivity index (χ2n) is 6.40. The Morgan fingerprint density at radius 2 is 1.92 bits per heavy atom. The van der Waals surface area contributed by atoms with Crippen molar-refractivity contribution in [1.29, 1.82) is 0 Å². The highest BCUT2D eigenvalue weighted by Crippen LogP contribution is 2.38. The lowest BCUT2D eigenvalue weighted by Gasteiger charge is -2.33. The Morgan fingerprint density at radius 1 is 1.19 bits per heavy atom. The van der Waals surface area contributed by atoms with Crippen molar-refractivity contribution in [2.75, 3.05) is 43.4 Å². The van der Waals surface area contributed by atoms with Crippen molar-refractivity contribution in [3.05, 3.63) is 35.2 Å². The Balaban J connectivity index is 1.93. The monoisotopic (exact) mass is 373 g/mol. The number of carboxylic acid groups (broad SMARTS) is 1. The molecule has 0 bridgehead atoms. The molecular weight excluding hydrogens is 350 g/mol. The van der Waals surface area contributed by atoms with Gasteiger partial charge in [-0.05, 0) is 36.2 Å². The van der Waals surface area contributed by atoms with E-state index in [0.717, 1.165) is 37.3 Å². The molecule has 1 fully saturated rings. The normalized spacial score (nSPS) is 15.1. The third kappa shape index (κ3) is 3.89. The first-order valence-electron chi connectivity index (χ1n) is 8.68. The van der Waals surface area contributed by atoms with E-state index in [1.807, 2.05) is 17.5 Å². The van der Waals surface area contributed by atoms with Crippen LogP contribution in [0, 0.1) is 0 Å². The largest absolute Gasteiger partial charge is 0.478 e. The standard InChI is InChI=1S/C19H23N3O3S/c1-3-17(23)20-16-5-4-13(12-15(16)19(24)25)14-6-11-26-18(14)22-9-7-21(2)8-10-22/h4-6,11-12H,3,7-10H2,1-2H3,(H,20,23)(H,24,25). The van der Waals surface area contributed by atoms with Gasteiger partial charge in [-0.15, -0.1) is 11.3 Å². The van der Waals surface area contributed by atoms with Gasteiger partial charge in [0.25, 0.3) is 0 Å². The summed E-state index contributed by atoms with van der Waals surface area (Å²) in [6, 6.07) is 7.23. The van der Waals surface area contributed by atoms with E-state index in [1.54, 1.807) is 30.4 Å². The van der Waals surface area contributed by atoms with Crippen LogP contribution in [0.4, 0.5) is 10.7 Å². The summed E-state index contributed by atoms with van der Waals surface area (Å²) in [5, 5.41) is 15.4. The molecule has 1 aliphatic heterocycles. The van der Waals surface area contributed by atoms with Crippen LogP contribution < -0.4 is 10.2 Å². The Bertz CT molecular complexity index is 810. The van der Waals surface area contributed by atoms with Crippen LogP contribution in [0.3, 0.4) is 0 Å². The first-order valence-corrected chi connectivity index (χ1v) is 9.56. The lowest BCUT2D eigenvalue weighted by molar-refractivity contribution is -0.115. The van der Waals surface area contributed by atoms with Gasteiger partial charge in [0, 0.05) is 38.2 Å². The number of hydrogen-bond acceptors (Lipinski definition) is 5. The third-order valence-corrected chi connectivity index (χ3v) is 5.56. The molecule has 7 heteroatoms. The smallest absolute Gasteiger partial charge is 0.337 e. The quantitative estimate of drug-likeness (QED) is 0.842. The van der Waals surface area contributed by atoms with Crippen LogP contribution in [0.15, 0.2) is 29.6 Å². The van der Waals surface area contributed by atoms with Crippen LogP contribution in [0.25, 0.3) is 11.1 Å². The molecule has 3 rings (SSSR count). The zero-order valence-electron chi connectivity index (χ0n) is 15.0. The number of carboxylic acids is 1. The number of carbonyl (C=O) groups is 2. The number of thiophene rings is 1. The number of nitrogens with zero attached hydrogens (tertiary/aromatic N) is 2. The highest BCUT2D eigenvalue weighted by atomic mass is 32.1. The van der Waals surface area contributed by atoms with Crippen molar-refractivity contribution >= 4 is 33.9 Å². The maximum Gasteiger partial charge on any atom is 0.337 e. The molecule has 0 spiro atoms. The van der Waals surface area contributed by atoms with Gasteiger partial charge >= 0.3 is 5.97 Å². The molecule has 2 N–H and O–H groups in total. The number of carbonyl (C=O) groups excluding carboxylic acids is 1. The van der Waals surface area contributed by atoms with Crippen LogP contribution in [0.2, 0.25) is 0 Å². The van der Waals surface area contributed by atoms with Crippen LogP contribution in [0.1, 0.15) is 23.7 Å². The van der Waals surface area contributed by atoms with Crippen molar-refractivity contribution in [3.8, 4) is 11.1 Å². The Kier molecular flexibility index (Phi) is 5.58. The van der Waals surface area contributed by atoms with E-state index in [1.165, 1.54) is 5.00 Å². The van der Waals surface area contributed by atoms with Gasteiger partial charge in [0.05, 0.1) is 16.3 Å². The van der Waals surface area contributed by atoms with Gasteiger partial charge in [0.15, 0.2) is 0 Å². The average Bonchev–Trinajstić information content (AvgIpc) is 3.12. The second-order valence-corrected chi connectivity index (χ2v) is 7.29. The van der Waals surface area contributed by atoms with Crippen molar-refractivity contribution in [2.45, 2.75) is 13.3 Å². The molecule has 2 heterocycles. The number of aromatic carboxylic acids is 1. The molecule has 0 radical (unpaired) electrons. The number of nitrogens with one attached hydrogen (secondary N) is 1. The van der Waals surface area contributed by atoms with Crippen molar-refractivity contribution in [3.63, 3.8) is 0 Å². The maximum absolute atomic E-state index is 11.7. The van der Waals surface area contributed by atoms with Gasteiger partial charge in [-0.2, -0.15) is 0 Å². The maximum atomic E-state index is 11.7. The van der Waals surface area contributed by atoms with E-state index in [9.17, 15) is 14.7 Å². The lowest BCUT2D eigenvalue weighted by atomic mass is 10.0. The summed E-state index contributed by atoms with van der Waals surface area (Å²) in [5.41, 5.74) is 2.34.